The quantitative estimate of drug-likeness (QED) is 0.728. The molecule has 1 aromatic rings. The van der Waals surface area contributed by atoms with Gasteiger partial charge in [-0.05, 0) is 49.3 Å². The summed E-state index contributed by atoms with van der Waals surface area (Å²) in [5, 5.41) is 0. The molecule has 0 aliphatic carbocycles. The van der Waals surface area contributed by atoms with Crippen molar-refractivity contribution in [1.29, 1.82) is 0 Å². The molecule has 0 saturated carbocycles. The number of hydrogen-bond donors (Lipinski definition) is 0. The summed E-state index contributed by atoms with van der Waals surface area (Å²) in [6.07, 6.45) is 5.64. The van der Waals surface area contributed by atoms with Crippen LogP contribution in [0, 0.1) is 0 Å². The maximum absolute atomic E-state index is 12.5. The molecule has 2 aliphatic rings. The maximum atomic E-state index is 12.5. The van der Waals surface area contributed by atoms with Crippen molar-refractivity contribution in [3.05, 3.63) is 35.4 Å². The topological polar surface area (TPSA) is 57.7 Å². The van der Waals surface area contributed by atoms with Crippen LogP contribution in [0.3, 0.4) is 0 Å². The first-order chi connectivity index (χ1) is 13.2. The molecule has 3 rings (SSSR count). The number of likely N-dealkylation sites (tertiary alicyclic amines) is 2. The number of sulfone groups is 1. The van der Waals surface area contributed by atoms with E-state index in [1.54, 1.807) is 0 Å². The van der Waals surface area contributed by atoms with Crippen LogP contribution < -0.4 is 0 Å². The fourth-order valence-electron chi connectivity index (χ4n) is 4.67. The van der Waals surface area contributed by atoms with Crippen molar-refractivity contribution in [2.24, 2.45) is 0 Å². The van der Waals surface area contributed by atoms with Crippen LogP contribution in [0.2, 0.25) is 0 Å². The van der Waals surface area contributed by atoms with Gasteiger partial charge in [0, 0.05) is 37.8 Å². The lowest BCUT2D eigenvalue weighted by Gasteiger charge is -2.38. The summed E-state index contributed by atoms with van der Waals surface area (Å²) in [6, 6.07) is 8.91. The first kappa shape index (κ1) is 21.3. The fourth-order valence-corrected chi connectivity index (χ4v) is 5.19. The van der Waals surface area contributed by atoms with Gasteiger partial charge in [-0.2, -0.15) is 0 Å². The van der Waals surface area contributed by atoms with E-state index in [4.69, 9.17) is 0 Å². The highest BCUT2D eigenvalue weighted by molar-refractivity contribution is 7.90. The Hall–Kier alpha value is -1.40. The molecule has 1 aromatic carbocycles. The molecule has 28 heavy (non-hydrogen) atoms. The fraction of sp³-hybridized carbons (Fsp3) is 0.682. The Morgan fingerprint density at radius 2 is 1.79 bits per heavy atom. The van der Waals surface area contributed by atoms with E-state index in [2.05, 4.69) is 43.0 Å². The van der Waals surface area contributed by atoms with Gasteiger partial charge in [-0.1, -0.05) is 38.1 Å². The third-order valence-corrected chi connectivity index (χ3v) is 7.35. The highest BCUT2D eigenvalue weighted by atomic mass is 32.2. The molecule has 2 aliphatic heterocycles. The summed E-state index contributed by atoms with van der Waals surface area (Å²) >= 11 is 0. The molecule has 2 heterocycles. The van der Waals surface area contributed by atoms with Crippen LogP contribution in [-0.4, -0.2) is 61.3 Å². The monoisotopic (exact) mass is 406 g/mol. The number of rotatable bonds is 6. The summed E-state index contributed by atoms with van der Waals surface area (Å²) < 4.78 is 23.2. The van der Waals surface area contributed by atoms with Crippen LogP contribution in [0.15, 0.2) is 24.3 Å². The van der Waals surface area contributed by atoms with Gasteiger partial charge >= 0.3 is 0 Å². The van der Waals surface area contributed by atoms with E-state index in [1.165, 1.54) is 17.4 Å². The normalized spacial score (nSPS) is 24.3. The lowest BCUT2D eigenvalue weighted by Crippen LogP contribution is -2.48. The van der Waals surface area contributed by atoms with Gasteiger partial charge in [0.1, 0.15) is 9.84 Å². The number of benzene rings is 1. The SMILES string of the molecule is CC(C)c1ccc(CN2CCC[C@]3(CCC(=O)N3CCS(C)(=O)=O)CC2)cc1. The Bertz CT molecular complexity index is 789. The number of amides is 1. The average Bonchev–Trinajstić information content (AvgIpc) is 2.79. The van der Waals surface area contributed by atoms with Gasteiger partial charge in [-0.3, -0.25) is 9.69 Å². The second-order valence-corrected chi connectivity index (χ2v) is 11.2. The molecule has 0 aromatic heterocycles. The largest absolute Gasteiger partial charge is 0.336 e. The molecule has 0 unspecified atom stereocenters. The molecule has 0 bridgehead atoms. The molecule has 2 saturated heterocycles. The Balaban J connectivity index is 1.63. The molecule has 2 fully saturated rings. The summed E-state index contributed by atoms with van der Waals surface area (Å²) in [4.78, 5) is 16.8. The maximum Gasteiger partial charge on any atom is 0.223 e. The Morgan fingerprint density at radius 3 is 2.43 bits per heavy atom. The van der Waals surface area contributed by atoms with E-state index in [0.29, 0.717) is 18.9 Å². The Labute approximate surface area is 170 Å². The summed E-state index contributed by atoms with van der Waals surface area (Å²) in [6.45, 7) is 7.68. The van der Waals surface area contributed by atoms with E-state index < -0.39 is 9.84 Å². The molecular formula is C22H34N2O3S. The van der Waals surface area contributed by atoms with Gasteiger partial charge in [0.25, 0.3) is 0 Å². The lowest BCUT2D eigenvalue weighted by molar-refractivity contribution is -0.131. The molecule has 1 spiro atoms. The molecule has 156 valence electrons. The first-order valence-electron chi connectivity index (χ1n) is 10.5. The molecule has 5 nitrogen and oxygen atoms in total. The third kappa shape index (κ3) is 5.15. The minimum Gasteiger partial charge on any atom is -0.336 e. The predicted octanol–water partition coefficient (Wildman–Crippen LogP) is 3.20. The van der Waals surface area contributed by atoms with Gasteiger partial charge in [-0.25, -0.2) is 8.42 Å². The summed E-state index contributed by atoms with van der Waals surface area (Å²) in [5.74, 6) is 0.734. The van der Waals surface area contributed by atoms with Gasteiger partial charge < -0.3 is 4.90 Å². The van der Waals surface area contributed by atoms with E-state index in [1.807, 2.05) is 4.90 Å². The molecule has 0 N–H and O–H groups in total. The van der Waals surface area contributed by atoms with Crippen LogP contribution >= 0.6 is 0 Å². The standard InChI is InChI=1S/C22H34N2O3S/c1-18(2)20-7-5-19(6-8-20)17-23-13-4-10-22(12-14-23)11-9-21(25)24(22)15-16-28(3,26)27/h5-8,18H,4,9-17H2,1-3H3/t22-/m0/s1. The number of hydrogen-bond acceptors (Lipinski definition) is 4. The second kappa shape index (κ2) is 8.54. The average molecular weight is 407 g/mol. The van der Waals surface area contributed by atoms with Crippen molar-refractivity contribution in [3.63, 3.8) is 0 Å². The van der Waals surface area contributed by atoms with Crippen molar-refractivity contribution < 1.29 is 13.2 Å². The smallest absolute Gasteiger partial charge is 0.223 e. The minimum absolute atomic E-state index is 0.0619. The van der Waals surface area contributed by atoms with Gasteiger partial charge in [0.2, 0.25) is 5.91 Å². The lowest BCUT2D eigenvalue weighted by atomic mass is 9.88. The predicted molar refractivity (Wildman–Crippen MR) is 113 cm³/mol. The van der Waals surface area contributed by atoms with Gasteiger partial charge in [0.15, 0.2) is 0 Å². The molecule has 6 heteroatoms. The van der Waals surface area contributed by atoms with E-state index >= 15 is 0 Å². The highest BCUT2D eigenvalue weighted by Crippen LogP contribution is 2.39. The van der Waals surface area contributed by atoms with E-state index in [-0.39, 0.29) is 17.2 Å². The van der Waals surface area contributed by atoms with Crippen LogP contribution in [-0.2, 0) is 21.2 Å². The van der Waals surface area contributed by atoms with Gasteiger partial charge in [-0.15, -0.1) is 0 Å². The van der Waals surface area contributed by atoms with Crippen molar-refractivity contribution >= 4 is 15.7 Å². The summed E-state index contributed by atoms with van der Waals surface area (Å²) in [7, 11) is -3.07. The number of carbonyl (C=O) groups is 1. The Kier molecular flexibility index (Phi) is 6.50. The van der Waals surface area contributed by atoms with Crippen LogP contribution in [0.4, 0.5) is 0 Å². The zero-order chi connectivity index (χ0) is 20.4. The summed E-state index contributed by atoms with van der Waals surface area (Å²) in [5.41, 5.74) is 2.55. The minimum atomic E-state index is -3.07. The van der Waals surface area contributed by atoms with E-state index in [9.17, 15) is 13.2 Å². The van der Waals surface area contributed by atoms with Crippen LogP contribution in [0.25, 0.3) is 0 Å². The van der Waals surface area contributed by atoms with Crippen molar-refractivity contribution in [1.82, 2.24) is 9.80 Å². The van der Waals surface area contributed by atoms with Crippen LogP contribution in [0.1, 0.15) is 63.0 Å². The first-order valence-corrected chi connectivity index (χ1v) is 12.5. The highest BCUT2D eigenvalue weighted by Gasteiger charge is 2.45. The molecule has 1 atom stereocenters. The van der Waals surface area contributed by atoms with Crippen molar-refractivity contribution in [2.45, 2.75) is 64.0 Å². The number of carbonyl (C=O) groups excluding carboxylic acids is 1. The number of nitrogens with zero attached hydrogens (tertiary/aromatic N) is 2. The zero-order valence-corrected chi connectivity index (χ0v) is 18.3. The van der Waals surface area contributed by atoms with Crippen LogP contribution in [0.5, 0.6) is 0 Å². The molecular weight excluding hydrogens is 372 g/mol. The van der Waals surface area contributed by atoms with Crippen molar-refractivity contribution in [2.75, 3.05) is 31.6 Å². The Morgan fingerprint density at radius 1 is 1.07 bits per heavy atom. The second-order valence-electron chi connectivity index (χ2n) is 8.93. The molecule has 1 amide bonds. The molecule has 0 radical (unpaired) electrons. The zero-order valence-electron chi connectivity index (χ0n) is 17.5. The van der Waals surface area contributed by atoms with Crippen molar-refractivity contribution in [3.8, 4) is 0 Å². The third-order valence-electron chi connectivity index (χ3n) is 6.43. The van der Waals surface area contributed by atoms with Gasteiger partial charge in [0.05, 0.1) is 5.75 Å². The van der Waals surface area contributed by atoms with E-state index in [0.717, 1.165) is 45.3 Å².